The van der Waals surface area contributed by atoms with E-state index in [1.165, 1.54) is 64.2 Å². The zero-order valence-corrected chi connectivity index (χ0v) is 11.9. The molecular weight excluding hydrogens is 236 g/mol. The fourth-order valence-electron chi connectivity index (χ4n) is 3.83. The van der Waals surface area contributed by atoms with E-state index in [1.807, 2.05) is 10.9 Å². The molecule has 19 heavy (non-hydrogen) atoms. The molecule has 0 aliphatic heterocycles. The van der Waals surface area contributed by atoms with Gasteiger partial charge in [0.1, 0.15) is 0 Å². The van der Waals surface area contributed by atoms with Crippen LogP contribution in [-0.4, -0.2) is 32.0 Å². The van der Waals surface area contributed by atoms with Gasteiger partial charge < -0.3 is 0 Å². The van der Waals surface area contributed by atoms with Gasteiger partial charge in [0.05, 0.1) is 12.9 Å². The molecule has 3 rings (SSSR count). The average Bonchev–Trinajstić information content (AvgIpc) is 3.00. The van der Waals surface area contributed by atoms with Crippen LogP contribution in [-0.2, 0) is 6.67 Å². The first-order valence-electron chi connectivity index (χ1n) is 8.03. The van der Waals surface area contributed by atoms with Gasteiger partial charge in [-0.25, -0.2) is 4.68 Å². The number of rotatable bonds is 4. The molecule has 2 aliphatic carbocycles. The Labute approximate surface area is 116 Å². The minimum Gasteiger partial charge on any atom is -0.278 e. The fourth-order valence-corrected chi connectivity index (χ4v) is 3.83. The summed E-state index contributed by atoms with van der Waals surface area (Å²) < 4.78 is 2.00. The fraction of sp³-hybridized carbons (Fsp3) is 0.867. The van der Waals surface area contributed by atoms with Crippen LogP contribution in [0.3, 0.4) is 0 Å². The van der Waals surface area contributed by atoms with E-state index in [-0.39, 0.29) is 0 Å². The molecule has 1 aromatic rings. The van der Waals surface area contributed by atoms with Gasteiger partial charge in [0.25, 0.3) is 0 Å². The lowest BCUT2D eigenvalue weighted by Crippen LogP contribution is -2.46. The molecule has 0 atom stereocenters. The van der Waals surface area contributed by atoms with Gasteiger partial charge in [0.2, 0.25) is 0 Å². The number of aromatic nitrogens is 3. The third kappa shape index (κ3) is 3.35. The quantitative estimate of drug-likeness (QED) is 0.835. The number of hydrogen-bond donors (Lipinski definition) is 0. The van der Waals surface area contributed by atoms with Gasteiger partial charge in [0.15, 0.2) is 0 Å². The molecule has 1 heterocycles. The highest BCUT2D eigenvalue weighted by molar-refractivity contribution is 4.83. The second kappa shape index (κ2) is 6.51. The van der Waals surface area contributed by atoms with Gasteiger partial charge >= 0.3 is 0 Å². The highest BCUT2D eigenvalue weighted by Crippen LogP contribution is 2.30. The van der Waals surface area contributed by atoms with Crippen molar-refractivity contribution >= 4 is 0 Å². The molecule has 1 aromatic heterocycles. The van der Waals surface area contributed by atoms with Crippen LogP contribution in [0.4, 0.5) is 0 Å². The lowest BCUT2D eigenvalue weighted by Gasteiger charge is -2.41. The number of hydrogen-bond acceptors (Lipinski definition) is 3. The minimum atomic E-state index is 0.779. The van der Waals surface area contributed by atoms with Crippen molar-refractivity contribution in [3.8, 4) is 0 Å². The Morgan fingerprint density at radius 2 is 1.47 bits per heavy atom. The summed E-state index contributed by atoms with van der Waals surface area (Å²) in [7, 11) is 0. The van der Waals surface area contributed by atoms with Crippen LogP contribution in [0.2, 0.25) is 0 Å². The summed E-state index contributed by atoms with van der Waals surface area (Å²) in [5.41, 5.74) is 0. The second-order valence-electron chi connectivity index (χ2n) is 6.18. The van der Waals surface area contributed by atoms with Crippen LogP contribution < -0.4 is 0 Å². The molecule has 0 bridgehead atoms. The Balaban J connectivity index is 1.69. The largest absolute Gasteiger partial charge is 0.278 e. The molecule has 2 saturated carbocycles. The molecule has 4 heteroatoms. The predicted octanol–water partition coefficient (Wildman–Crippen LogP) is 3.20. The minimum absolute atomic E-state index is 0.779. The molecule has 0 saturated heterocycles. The molecule has 0 aromatic carbocycles. The first-order valence-corrected chi connectivity index (χ1v) is 8.03. The monoisotopic (exact) mass is 262 g/mol. The predicted molar refractivity (Wildman–Crippen MR) is 75.6 cm³/mol. The first kappa shape index (κ1) is 13.1. The van der Waals surface area contributed by atoms with E-state index in [2.05, 4.69) is 15.2 Å². The normalized spacial score (nSPS) is 23.0. The lowest BCUT2D eigenvalue weighted by molar-refractivity contribution is 0.0452. The van der Waals surface area contributed by atoms with E-state index in [4.69, 9.17) is 0 Å². The lowest BCUT2D eigenvalue weighted by atomic mass is 9.89. The van der Waals surface area contributed by atoms with Crippen molar-refractivity contribution in [1.82, 2.24) is 19.9 Å². The van der Waals surface area contributed by atoms with Crippen molar-refractivity contribution in [2.45, 2.75) is 83.0 Å². The van der Waals surface area contributed by atoms with Gasteiger partial charge in [-0.1, -0.05) is 43.7 Å². The SMILES string of the molecule is c1cn(CN(C2CCCCC2)C2CCCCC2)nn1. The van der Waals surface area contributed by atoms with E-state index in [9.17, 15) is 0 Å². The summed E-state index contributed by atoms with van der Waals surface area (Å²) in [4.78, 5) is 2.74. The maximum atomic E-state index is 4.17. The maximum absolute atomic E-state index is 4.17. The zero-order chi connectivity index (χ0) is 12.9. The molecule has 4 nitrogen and oxygen atoms in total. The highest BCUT2D eigenvalue weighted by Gasteiger charge is 2.28. The van der Waals surface area contributed by atoms with Gasteiger partial charge in [-0.05, 0) is 25.7 Å². The molecule has 0 spiro atoms. The molecule has 0 N–H and O–H groups in total. The summed E-state index contributed by atoms with van der Waals surface area (Å²) in [6.45, 7) is 0.940. The van der Waals surface area contributed by atoms with Gasteiger partial charge in [-0.3, -0.25) is 4.90 Å². The highest BCUT2D eigenvalue weighted by atomic mass is 15.5. The van der Waals surface area contributed by atoms with Crippen LogP contribution in [0.1, 0.15) is 64.2 Å². The Hall–Kier alpha value is -0.900. The summed E-state index contributed by atoms with van der Waals surface area (Å²) in [6, 6.07) is 1.56. The molecule has 106 valence electrons. The van der Waals surface area contributed by atoms with Crippen molar-refractivity contribution in [2.24, 2.45) is 0 Å². The van der Waals surface area contributed by atoms with E-state index < -0.39 is 0 Å². The van der Waals surface area contributed by atoms with E-state index in [1.54, 1.807) is 6.20 Å². The Kier molecular flexibility index (Phi) is 4.49. The Morgan fingerprint density at radius 1 is 0.895 bits per heavy atom. The van der Waals surface area contributed by atoms with Crippen molar-refractivity contribution < 1.29 is 0 Å². The van der Waals surface area contributed by atoms with Crippen LogP contribution in [0.5, 0.6) is 0 Å². The van der Waals surface area contributed by atoms with Crippen molar-refractivity contribution in [2.75, 3.05) is 0 Å². The van der Waals surface area contributed by atoms with E-state index in [0.29, 0.717) is 0 Å². The summed E-state index contributed by atoms with van der Waals surface area (Å²) in [5.74, 6) is 0. The Bertz CT molecular complexity index is 332. The Morgan fingerprint density at radius 3 is 1.95 bits per heavy atom. The first-order chi connectivity index (χ1) is 9.43. The second-order valence-corrected chi connectivity index (χ2v) is 6.18. The topological polar surface area (TPSA) is 34.0 Å². The van der Waals surface area contributed by atoms with Gasteiger partial charge in [-0.2, -0.15) is 0 Å². The third-order valence-corrected chi connectivity index (χ3v) is 4.87. The summed E-state index contributed by atoms with van der Waals surface area (Å²) in [5, 5.41) is 8.12. The smallest absolute Gasteiger partial charge is 0.0951 e. The number of nitrogens with zero attached hydrogens (tertiary/aromatic N) is 4. The van der Waals surface area contributed by atoms with Gasteiger partial charge in [-0.15, -0.1) is 5.10 Å². The molecular formula is C15H26N4. The van der Waals surface area contributed by atoms with Crippen molar-refractivity contribution in [3.05, 3.63) is 12.4 Å². The van der Waals surface area contributed by atoms with Crippen LogP contribution >= 0.6 is 0 Å². The molecule has 2 fully saturated rings. The summed E-state index contributed by atoms with van der Waals surface area (Å²) >= 11 is 0. The van der Waals surface area contributed by atoms with Gasteiger partial charge in [0, 0.05) is 18.3 Å². The molecule has 2 aliphatic rings. The average molecular weight is 262 g/mol. The third-order valence-electron chi connectivity index (χ3n) is 4.87. The molecule has 0 amide bonds. The standard InChI is InChI=1S/C15H26N4/c1-3-7-14(8-4-1)19(13-18-12-11-16-17-18)15-9-5-2-6-10-15/h11-12,14-15H,1-10,13H2. The molecule has 0 radical (unpaired) electrons. The van der Waals surface area contributed by atoms with E-state index >= 15 is 0 Å². The van der Waals surface area contributed by atoms with Crippen molar-refractivity contribution in [3.63, 3.8) is 0 Å². The molecule has 0 unspecified atom stereocenters. The van der Waals surface area contributed by atoms with Crippen LogP contribution in [0, 0.1) is 0 Å². The zero-order valence-electron chi connectivity index (χ0n) is 11.9. The van der Waals surface area contributed by atoms with Crippen molar-refractivity contribution in [1.29, 1.82) is 0 Å². The maximum Gasteiger partial charge on any atom is 0.0951 e. The summed E-state index contributed by atoms with van der Waals surface area (Å²) in [6.07, 6.45) is 17.8. The van der Waals surface area contributed by atoms with Crippen LogP contribution in [0.25, 0.3) is 0 Å². The van der Waals surface area contributed by atoms with E-state index in [0.717, 1.165) is 18.8 Å². The van der Waals surface area contributed by atoms with Crippen LogP contribution in [0.15, 0.2) is 12.4 Å².